The summed E-state index contributed by atoms with van der Waals surface area (Å²) in [6.07, 6.45) is 0. The molecular formula is C14H10Cl2F2O. The standard InChI is InChI=1S/C14H10Cl2F2O/c15-7-10-2-1-3-13(16)14(10)19-8-9-4-11(17)6-12(18)5-9/h1-6H,7-8H2. The molecule has 0 aliphatic heterocycles. The molecule has 0 fully saturated rings. The third kappa shape index (κ3) is 3.58. The van der Waals surface area contributed by atoms with Crippen LogP contribution in [-0.2, 0) is 12.5 Å². The molecule has 0 aliphatic carbocycles. The van der Waals surface area contributed by atoms with Gasteiger partial charge in [-0.1, -0.05) is 23.7 Å². The first-order chi connectivity index (χ1) is 9.10. The Labute approximate surface area is 119 Å². The van der Waals surface area contributed by atoms with E-state index in [1.54, 1.807) is 18.2 Å². The van der Waals surface area contributed by atoms with Crippen molar-refractivity contribution in [2.24, 2.45) is 0 Å². The molecule has 0 saturated heterocycles. The third-order valence-electron chi connectivity index (χ3n) is 2.50. The van der Waals surface area contributed by atoms with Gasteiger partial charge in [-0.25, -0.2) is 8.78 Å². The Morgan fingerprint density at radius 1 is 1.05 bits per heavy atom. The topological polar surface area (TPSA) is 9.23 Å². The zero-order chi connectivity index (χ0) is 13.8. The Bertz CT molecular complexity index is 567. The number of alkyl halides is 1. The summed E-state index contributed by atoms with van der Waals surface area (Å²) in [5.74, 6) is -0.609. The maximum Gasteiger partial charge on any atom is 0.142 e. The van der Waals surface area contributed by atoms with Crippen molar-refractivity contribution in [2.75, 3.05) is 0 Å². The lowest BCUT2D eigenvalue weighted by molar-refractivity contribution is 0.302. The van der Waals surface area contributed by atoms with Gasteiger partial charge in [-0.3, -0.25) is 0 Å². The van der Waals surface area contributed by atoms with Gasteiger partial charge in [0.1, 0.15) is 24.0 Å². The van der Waals surface area contributed by atoms with E-state index in [1.165, 1.54) is 12.1 Å². The molecule has 0 bridgehead atoms. The van der Waals surface area contributed by atoms with Crippen molar-refractivity contribution in [3.8, 4) is 5.75 Å². The van der Waals surface area contributed by atoms with Gasteiger partial charge in [-0.15, -0.1) is 11.6 Å². The summed E-state index contributed by atoms with van der Waals surface area (Å²) >= 11 is 11.8. The minimum Gasteiger partial charge on any atom is -0.487 e. The van der Waals surface area contributed by atoms with Gasteiger partial charge in [0.25, 0.3) is 0 Å². The molecule has 0 saturated carbocycles. The van der Waals surface area contributed by atoms with Crippen LogP contribution in [0.4, 0.5) is 8.78 Å². The highest BCUT2D eigenvalue weighted by Crippen LogP contribution is 2.30. The van der Waals surface area contributed by atoms with Gasteiger partial charge in [-0.2, -0.15) is 0 Å². The maximum atomic E-state index is 13.0. The Morgan fingerprint density at radius 2 is 1.74 bits per heavy atom. The molecule has 0 atom stereocenters. The molecule has 0 aromatic heterocycles. The summed E-state index contributed by atoms with van der Waals surface area (Å²) in [6, 6.07) is 8.43. The largest absolute Gasteiger partial charge is 0.487 e. The van der Waals surface area contributed by atoms with Crippen LogP contribution in [0.15, 0.2) is 36.4 Å². The molecule has 5 heteroatoms. The summed E-state index contributed by atoms with van der Waals surface area (Å²) in [5, 5.41) is 0.412. The molecule has 0 heterocycles. The second-order valence-corrected chi connectivity index (χ2v) is 4.60. The fourth-order valence-corrected chi connectivity index (χ4v) is 2.13. The van der Waals surface area contributed by atoms with Gasteiger partial charge >= 0.3 is 0 Å². The van der Waals surface area contributed by atoms with Gasteiger partial charge in [0.2, 0.25) is 0 Å². The molecule has 100 valence electrons. The minimum absolute atomic E-state index is 0.0162. The molecule has 0 N–H and O–H groups in total. The van der Waals surface area contributed by atoms with Crippen molar-refractivity contribution in [2.45, 2.75) is 12.5 Å². The summed E-state index contributed by atoms with van der Waals surface area (Å²) in [7, 11) is 0. The second kappa shape index (κ2) is 6.22. The predicted octanol–water partition coefficient (Wildman–Crippen LogP) is 4.94. The highest BCUT2D eigenvalue weighted by Gasteiger charge is 2.09. The van der Waals surface area contributed by atoms with Crippen LogP contribution in [-0.4, -0.2) is 0 Å². The fraction of sp³-hybridized carbons (Fsp3) is 0.143. The Morgan fingerprint density at radius 3 is 2.37 bits per heavy atom. The molecule has 2 aromatic rings. The smallest absolute Gasteiger partial charge is 0.142 e. The first-order valence-corrected chi connectivity index (χ1v) is 6.42. The lowest BCUT2D eigenvalue weighted by Gasteiger charge is -2.11. The average molecular weight is 303 g/mol. The molecule has 0 spiro atoms. The molecule has 2 aromatic carbocycles. The Balaban J connectivity index is 2.18. The third-order valence-corrected chi connectivity index (χ3v) is 3.08. The Hall–Kier alpha value is -1.32. The van der Waals surface area contributed by atoms with Crippen LogP contribution in [0.5, 0.6) is 5.75 Å². The van der Waals surface area contributed by atoms with E-state index in [9.17, 15) is 8.78 Å². The lowest BCUT2D eigenvalue weighted by Crippen LogP contribution is -2.00. The molecular weight excluding hydrogens is 293 g/mol. The van der Waals surface area contributed by atoms with Crippen molar-refractivity contribution in [1.82, 2.24) is 0 Å². The normalized spacial score (nSPS) is 10.5. The van der Waals surface area contributed by atoms with Crippen molar-refractivity contribution in [3.63, 3.8) is 0 Å². The van der Waals surface area contributed by atoms with E-state index in [-0.39, 0.29) is 12.5 Å². The van der Waals surface area contributed by atoms with Crippen molar-refractivity contribution >= 4 is 23.2 Å². The zero-order valence-corrected chi connectivity index (χ0v) is 11.3. The van der Waals surface area contributed by atoms with Gasteiger partial charge in [0, 0.05) is 11.6 Å². The number of para-hydroxylation sites is 1. The Kier molecular flexibility index (Phi) is 4.61. The van der Waals surface area contributed by atoms with Crippen LogP contribution in [0.2, 0.25) is 5.02 Å². The number of benzene rings is 2. The first-order valence-electron chi connectivity index (χ1n) is 5.51. The van der Waals surface area contributed by atoms with E-state index in [1.807, 2.05) is 0 Å². The number of ether oxygens (including phenoxy) is 1. The molecule has 2 rings (SSSR count). The van der Waals surface area contributed by atoms with Crippen molar-refractivity contribution < 1.29 is 13.5 Å². The van der Waals surface area contributed by atoms with E-state index < -0.39 is 11.6 Å². The van der Waals surface area contributed by atoms with Crippen LogP contribution in [0, 0.1) is 11.6 Å². The number of rotatable bonds is 4. The monoisotopic (exact) mass is 302 g/mol. The van der Waals surface area contributed by atoms with E-state index >= 15 is 0 Å². The maximum absolute atomic E-state index is 13.0. The van der Waals surface area contributed by atoms with Gasteiger partial charge in [-0.05, 0) is 23.8 Å². The van der Waals surface area contributed by atoms with Crippen molar-refractivity contribution in [1.29, 1.82) is 0 Å². The average Bonchev–Trinajstić information content (AvgIpc) is 2.36. The van der Waals surface area contributed by atoms with Gasteiger partial charge < -0.3 is 4.74 Å². The zero-order valence-electron chi connectivity index (χ0n) is 9.80. The van der Waals surface area contributed by atoms with E-state index in [0.717, 1.165) is 11.6 Å². The van der Waals surface area contributed by atoms with Crippen LogP contribution < -0.4 is 4.74 Å². The lowest BCUT2D eigenvalue weighted by atomic mass is 10.2. The van der Waals surface area contributed by atoms with Crippen LogP contribution >= 0.6 is 23.2 Å². The molecule has 19 heavy (non-hydrogen) atoms. The van der Waals surface area contributed by atoms with E-state index in [0.29, 0.717) is 16.3 Å². The minimum atomic E-state index is -0.643. The number of hydrogen-bond acceptors (Lipinski definition) is 1. The quantitative estimate of drug-likeness (QED) is 0.727. The SMILES string of the molecule is Fc1cc(F)cc(COc2c(Cl)cccc2CCl)c1. The highest BCUT2D eigenvalue weighted by molar-refractivity contribution is 6.32. The second-order valence-electron chi connectivity index (χ2n) is 3.93. The molecule has 0 radical (unpaired) electrons. The van der Waals surface area contributed by atoms with Crippen LogP contribution in [0.1, 0.15) is 11.1 Å². The molecule has 1 nitrogen and oxygen atoms in total. The van der Waals surface area contributed by atoms with Gasteiger partial charge in [0.15, 0.2) is 0 Å². The summed E-state index contributed by atoms with van der Waals surface area (Å²) < 4.78 is 31.6. The molecule has 0 amide bonds. The number of halogens is 4. The van der Waals surface area contributed by atoms with Crippen molar-refractivity contribution in [3.05, 3.63) is 64.2 Å². The fourth-order valence-electron chi connectivity index (χ4n) is 1.67. The van der Waals surface area contributed by atoms with E-state index in [2.05, 4.69) is 0 Å². The van der Waals surface area contributed by atoms with Gasteiger partial charge in [0.05, 0.1) is 10.9 Å². The molecule has 0 unspecified atom stereocenters. The van der Waals surface area contributed by atoms with Crippen LogP contribution in [0.3, 0.4) is 0 Å². The highest BCUT2D eigenvalue weighted by atomic mass is 35.5. The number of hydrogen-bond donors (Lipinski definition) is 0. The van der Waals surface area contributed by atoms with E-state index in [4.69, 9.17) is 27.9 Å². The molecule has 0 aliphatic rings. The van der Waals surface area contributed by atoms with Crippen LogP contribution in [0.25, 0.3) is 0 Å². The summed E-state index contributed by atoms with van der Waals surface area (Å²) in [4.78, 5) is 0. The summed E-state index contributed by atoms with van der Waals surface area (Å²) in [6.45, 7) is 0.0162. The first kappa shape index (κ1) is 14.1. The summed E-state index contributed by atoms with van der Waals surface area (Å²) in [5.41, 5.74) is 1.11. The predicted molar refractivity (Wildman–Crippen MR) is 71.7 cm³/mol.